The highest BCUT2D eigenvalue weighted by atomic mass is 32.2. The SMILES string of the molecule is O=C(CN1c2ccccc2-c2ccccc2S1(=O)=O)NCCSCc1ccccc1. The van der Waals surface area contributed by atoms with Gasteiger partial charge in [0.25, 0.3) is 10.0 Å². The van der Waals surface area contributed by atoms with Crippen molar-refractivity contribution in [3.63, 3.8) is 0 Å². The minimum absolute atomic E-state index is 0.231. The second-order valence-electron chi connectivity index (χ2n) is 6.91. The highest BCUT2D eigenvalue weighted by Crippen LogP contribution is 2.42. The summed E-state index contributed by atoms with van der Waals surface area (Å²) in [7, 11) is -3.80. The van der Waals surface area contributed by atoms with E-state index < -0.39 is 10.0 Å². The standard InChI is InChI=1S/C23H22N2O3S2/c26-23(24-14-15-29-17-18-8-2-1-3-9-18)16-25-21-12-6-4-10-19(21)20-11-5-7-13-22(20)30(25,27)28/h1-13H,14-17H2,(H,24,26). The molecule has 30 heavy (non-hydrogen) atoms. The maximum absolute atomic E-state index is 13.2. The first kappa shape index (κ1) is 20.5. The number of para-hydroxylation sites is 1. The number of anilines is 1. The average Bonchev–Trinajstić information content (AvgIpc) is 2.77. The number of sulfonamides is 1. The van der Waals surface area contributed by atoms with Crippen LogP contribution >= 0.6 is 11.8 Å². The molecule has 0 aromatic heterocycles. The molecule has 0 spiro atoms. The van der Waals surface area contributed by atoms with Crippen LogP contribution in [0.3, 0.4) is 0 Å². The molecule has 4 rings (SSSR count). The molecule has 0 saturated heterocycles. The Balaban J connectivity index is 1.41. The van der Waals surface area contributed by atoms with Crippen molar-refractivity contribution in [3.05, 3.63) is 84.4 Å². The summed E-state index contributed by atoms with van der Waals surface area (Å²) in [6.07, 6.45) is 0. The van der Waals surface area contributed by atoms with Gasteiger partial charge in [-0.3, -0.25) is 9.10 Å². The van der Waals surface area contributed by atoms with Gasteiger partial charge >= 0.3 is 0 Å². The molecule has 1 heterocycles. The van der Waals surface area contributed by atoms with Gasteiger partial charge in [-0.2, -0.15) is 11.8 Å². The van der Waals surface area contributed by atoms with Crippen molar-refractivity contribution in [1.29, 1.82) is 0 Å². The third-order valence-corrected chi connectivity index (χ3v) is 7.73. The fraction of sp³-hybridized carbons (Fsp3) is 0.174. The van der Waals surface area contributed by atoms with Crippen molar-refractivity contribution >= 4 is 33.4 Å². The quantitative estimate of drug-likeness (QED) is 0.568. The maximum atomic E-state index is 13.2. The number of amides is 1. The Hall–Kier alpha value is -2.77. The predicted octanol–water partition coefficient (Wildman–Crippen LogP) is 3.91. The van der Waals surface area contributed by atoms with Crippen molar-refractivity contribution in [2.75, 3.05) is 23.1 Å². The lowest BCUT2D eigenvalue weighted by atomic mass is 10.0. The van der Waals surface area contributed by atoms with E-state index in [9.17, 15) is 13.2 Å². The van der Waals surface area contributed by atoms with Gasteiger partial charge in [0, 0.05) is 29.2 Å². The minimum atomic E-state index is -3.80. The molecular weight excluding hydrogens is 416 g/mol. The second-order valence-corrected chi connectivity index (χ2v) is 9.85. The van der Waals surface area contributed by atoms with Gasteiger partial charge in [0.2, 0.25) is 5.91 Å². The van der Waals surface area contributed by atoms with Crippen LogP contribution in [0.2, 0.25) is 0 Å². The van der Waals surface area contributed by atoms with E-state index in [1.54, 1.807) is 42.1 Å². The zero-order chi connectivity index (χ0) is 21.0. The molecule has 7 heteroatoms. The molecule has 1 N–H and O–H groups in total. The van der Waals surface area contributed by atoms with Gasteiger partial charge in [0.1, 0.15) is 6.54 Å². The first-order valence-electron chi connectivity index (χ1n) is 9.67. The van der Waals surface area contributed by atoms with Crippen molar-refractivity contribution in [2.45, 2.75) is 10.6 Å². The van der Waals surface area contributed by atoms with Crippen molar-refractivity contribution in [2.24, 2.45) is 0 Å². The summed E-state index contributed by atoms with van der Waals surface area (Å²) in [4.78, 5) is 12.8. The van der Waals surface area contributed by atoms with E-state index in [1.165, 1.54) is 9.87 Å². The lowest BCUT2D eigenvalue weighted by Crippen LogP contribution is -2.43. The molecule has 0 radical (unpaired) electrons. The van der Waals surface area contributed by atoms with E-state index in [0.717, 1.165) is 17.1 Å². The van der Waals surface area contributed by atoms with E-state index in [-0.39, 0.29) is 17.3 Å². The fourth-order valence-corrected chi connectivity index (χ4v) is 5.93. The smallest absolute Gasteiger partial charge is 0.265 e. The van der Waals surface area contributed by atoms with Gasteiger partial charge in [-0.25, -0.2) is 8.42 Å². The Bertz CT molecular complexity index is 1150. The average molecular weight is 439 g/mol. The summed E-state index contributed by atoms with van der Waals surface area (Å²) in [5.74, 6) is 1.32. The monoisotopic (exact) mass is 438 g/mol. The summed E-state index contributed by atoms with van der Waals surface area (Å²) >= 11 is 1.73. The molecular formula is C23H22N2O3S2. The fourth-order valence-electron chi connectivity index (χ4n) is 3.46. The number of carbonyl (C=O) groups is 1. The van der Waals surface area contributed by atoms with E-state index in [4.69, 9.17) is 0 Å². The summed E-state index contributed by atoms with van der Waals surface area (Å²) in [6, 6.07) is 24.3. The Morgan fingerprint density at radius 1 is 0.867 bits per heavy atom. The topological polar surface area (TPSA) is 66.5 Å². The van der Waals surface area contributed by atoms with Crippen LogP contribution in [0.1, 0.15) is 5.56 Å². The molecule has 1 aliphatic heterocycles. The maximum Gasteiger partial charge on any atom is 0.265 e. The molecule has 154 valence electrons. The molecule has 0 aliphatic carbocycles. The summed E-state index contributed by atoms with van der Waals surface area (Å²) < 4.78 is 27.6. The van der Waals surface area contributed by atoms with Gasteiger partial charge < -0.3 is 5.32 Å². The Morgan fingerprint density at radius 2 is 1.53 bits per heavy atom. The number of benzene rings is 3. The third-order valence-electron chi connectivity index (χ3n) is 4.89. The zero-order valence-corrected chi connectivity index (χ0v) is 18.0. The number of fused-ring (bicyclic) bond motifs is 3. The highest BCUT2D eigenvalue weighted by molar-refractivity contribution is 7.98. The Morgan fingerprint density at radius 3 is 2.33 bits per heavy atom. The number of hydrogen-bond donors (Lipinski definition) is 1. The van der Waals surface area contributed by atoms with E-state index >= 15 is 0 Å². The van der Waals surface area contributed by atoms with Gasteiger partial charge in [-0.15, -0.1) is 0 Å². The van der Waals surface area contributed by atoms with Gasteiger partial charge in [0.05, 0.1) is 10.6 Å². The molecule has 0 fully saturated rings. The van der Waals surface area contributed by atoms with Crippen LogP contribution in [0.4, 0.5) is 5.69 Å². The number of rotatable bonds is 7. The van der Waals surface area contributed by atoms with Gasteiger partial charge in [-0.05, 0) is 17.7 Å². The van der Waals surface area contributed by atoms with Crippen LogP contribution in [0.25, 0.3) is 11.1 Å². The normalized spacial score (nSPS) is 13.9. The van der Waals surface area contributed by atoms with Crippen LogP contribution in [0, 0.1) is 0 Å². The lowest BCUT2D eigenvalue weighted by molar-refractivity contribution is -0.119. The van der Waals surface area contributed by atoms with Crippen molar-refractivity contribution < 1.29 is 13.2 Å². The van der Waals surface area contributed by atoms with E-state index in [0.29, 0.717) is 17.8 Å². The molecule has 0 saturated carbocycles. The first-order chi connectivity index (χ1) is 14.6. The summed E-state index contributed by atoms with van der Waals surface area (Å²) in [5.41, 5.74) is 3.25. The zero-order valence-electron chi connectivity index (χ0n) is 16.3. The van der Waals surface area contributed by atoms with Crippen LogP contribution < -0.4 is 9.62 Å². The molecule has 0 atom stereocenters. The predicted molar refractivity (Wildman–Crippen MR) is 122 cm³/mol. The number of hydrogen-bond acceptors (Lipinski definition) is 4. The number of carbonyl (C=O) groups excluding carboxylic acids is 1. The Labute approximate surface area is 181 Å². The molecule has 0 bridgehead atoms. The molecule has 5 nitrogen and oxygen atoms in total. The summed E-state index contributed by atoms with van der Waals surface area (Å²) in [6.45, 7) is 0.249. The van der Waals surface area contributed by atoms with Gasteiger partial charge in [0.15, 0.2) is 0 Å². The second kappa shape index (κ2) is 8.93. The Kier molecular flexibility index (Phi) is 6.11. The minimum Gasteiger partial charge on any atom is -0.354 e. The molecule has 3 aromatic rings. The number of thioether (sulfide) groups is 1. The molecule has 1 amide bonds. The van der Waals surface area contributed by atoms with Crippen LogP contribution in [-0.4, -0.2) is 33.2 Å². The highest BCUT2D eigenvalue weighted by Gasteiger charge is 2.35. The molecule has 1 aliphatic rings. The van der Waals surface area contributed by atoms with E-state index in [2.05, 4.69) is 17.4 Å². The molecule has 3 aromatic carbocycles. The summed E-state index contributed by atoms with van der Waals surface area (Å²) in [5, 5.41) is 2.84. The first-order valence-corrected chi connectivity index (χ1v) is 12.3. The number of nitrogens with zero attached hydrogens (tertiary/aromatic N) is 1. The number of nitrogens with one attached hydrogen (secondary N) is 1. The molecule has 0 unspecified atom stereocenters. The van der Waals surface area contributed by atoms with Crippen LogP contribution in [-0.2, 0) is 20.6 Å². The van der Waals surface area contributed by atoms with Crippen molar-refractivity contribution in [3.8, 4) is 11.1 Å². The van der Waals surface area contributed by atoms with Crippen LogP contribution in [0.15, 0.2) is 83.8 Å². The van der Waals surface area contributed by atoms with Gasteiger partial charge in [-0.1, -0.05) is 66.7 Å². The van der Waals surface area contributed by atoms with E-state index in [1.807, 2.05) is 36.4 Å². The van der Waals surface area contributed by atoms with Crippen molar-refractivity contribution in [1.82, 2.24) is 5.32 Å². The lowest BCUT2D eigenvalue weighted by Gasteiger charge is -2.31. The third kappa shape index (κ3) is 4.22. The largest absolute Gasteiger partial charge is 0.354 e. The van der Waals surface area contributed by atoms with Crippen LogP contribution in [0.5, 0.6) is 0 Å².